The van der Waals surface area contributed by atoms with Gasteiger partial charge in [-0.2, -0.15) is 0 Å². The van der Waals surface area contributed by atoms with Crippen LogP contribution in [0.1, 0.15) is 25.7 Å². The van der Waals surface area contributed by atoms with E-state index in [1.807, 2.05) is 0 Å². The van der Waals surface area contributed by atoms with Crippen molar-refractivity contribution < 1.29 is 9.13 Å². The van der Waals surface area contributed by atoms with Crippen LogP contribution in [0.5, 0.6) is 5.75 Å². The third kappa shape index (κ3) is 3.00. The SMILES string of the molecule is COc1ccc(F)c(N2CCCC(NC3CC3)C2)c1. The van der Waals surface area contributed by atoms with Crippen molar-refractivity contribution >= 4 is 5.69 Å². The summed E-state index contributed by atoms with van der Waals surface area (Å²) < 4.78 is 19.2. The van der Waals surface area contributed by atoms with E-state index in [0.717, 1.165) is 19.5 Å². The second-order valence-corrected chi connectivity index (χ2v) is 5.54. The molecule has 1 unspecified atom stereocenters. The molecule has 1 heterocycles. The van der Waals surface area contributed by atoms with Gasteiger partial charge < -0.3 is 15.0 Å². The quantitative estimate of drug-likeness (QED) is 0.904. The number of ether oxygens (including phenoxy) is 1. The smallest absolute Gasteiger partial charge is 0.146 e. The molecule has 1 aliphatic heterocycles. The summed E-state index contributed by atoms with van der Waals surface area (Å²) in [6.45, 7) is 1.81. The van der Waals surface area contributed by atoms with Crippen molar-refractivity contribution in [2.75, 3.05) is 25.1 Å². The number of hydrogen-bond acceptors (Lipinski definition) is 3. The maximum atomic E-state index is 14.0. The molecule has 1 aliphatic carbocycles. The molecule has 2 fully saturated rings. The number of hydrogen-bond donors (Lipinski definition) is 1. The minimum atomic E-state index is -0.159. The molecule has 1 saturated carbocycles. The van der Waals surface area contributed by atoms with Crippen LogP contribution in [0.3, 0.4) is 0 Å². The molecule has 1 saturated heterocycles. The molecule has 0 amide bonds. The van der Waals surface area contributed by atoms with Gasteiger partial charge in [0.05, 0.1) is 12.8 Å². The maximum absolute atomic E-state index is 14.0. The molecule has 4 heteroatoms. The zero-order valence-electron chi connectivity index (χ0n) is 11.4. The van der Waals surface area contributed by atoms with Gasteiger partial charge in [-0.1, -0.05) is 0 Å². The highest BCUT2D eigenvalue weighted by molar-refractivity contribution is 5.52. The van der Waals surface area contributed by atoms with Crippen LogP contribution in [0.4, 0.5) is 10.1 Å². The van der Waals surface area contributed by atoms with Crippen molar-refractivity contribution in [3.8, 4) is 5.75 Å². The Morgan fingerprint density at radius 2 is 2.11 bits per heavy atom. The molecule has 0 aromatic heterocycles. The summed E-state index contributed by atoms with van der Waals surface area (Å²) >= 11 is 0. The lowest BCUT2D eigenvalue weighted by molar-refractivity contribution is 0.407. The van der Waals surface area contributed by atoms with Crippen LogP contribution in [0.25, 0.3) is 0 Å². The van der Waals surface area contributed by atoms with Gasteiger partial charge in [0.15, 0.2) is 0 Å². The zero-order chi connectivity index (χ0) is 13.2. The van der Waals surface area contributed by atoms with Crippen LogP contribution in [0, 0.1) is 5.82 Å². The molecule has 0 bridgehead atoms. The van der Waals surface area contributed by atoms with E-state index in [1.165, 1.54) is 25.3 Å². The van der Waals surface area contributed by atoms with E-state index >= 15 is 0 Å². The fourth-order valence-electron chi connectivity index (χ4n) is 2.78. The van der Waals surface area contributed by atoms with Gasteiger partial charge >= 0.3 is 0 Å². The first-order valence-corrected chi connectivity index (χ1v) is 7.11. The molecule has 0 spiro atoms. The molecule has 19 heavy (non-hydrogen) atoms. The number of piperidine rings is 1. The lowest BCUT2D eigenvalue weighted by Crippen LogP contribution is -2.46. The minimum absolute atomic E-state index is 0.159. The van der Waals surface area contributed by atoms with Crippen molar-refractivity contribution in [2.24, 2.45) is 0 Å². The van der Waals surface area contributed by atoms with Crippen LogP contribution in [-0.2, 0) is 0 Å². The van der Waals surface area contributed by atoms with Crippen LogP contribution >= 0.6 is 0 Å². The van der Waals surface area contributed by atoms with Crippen LogP contribution in [0.2, 0.25) is 0 Å². The third-order valence-electron chi connectivity index (χ3n) is 3.96. The normalized spacial score (nSPS) is 23.5. The van der Waals surface area contributed by atoms with Crippen LogP contribution < -0.4 is 15.0 Å². The first-order chi connectivity index (χ1) is 9.26. The largest absolute Gasteiger partial charge is 0.497 e. The first-order valence-electron chi connectivity index (χ1n) is 7.11. The highest BCUT2D eigenvalue weighted by atomic mass is 19.1. The number of rotatable bonds is 4. The molecular weight excluding hydrogens is 243 g/mol. The van der Waals surface area contributed by atoms with Crippen molar-refractivity contribution in [3.63, 3.8) is 0 Å². The minimum Gasteiger partial charge on any atom is -0.497 e. The van der Waals surface area contributed by atoms with E-state index in [9.17, 15) is 4.39 Å². The fourth-order valence-corrected chi connectivity index (χ4v) is 2.78. The Kier molecular flexibility index (Phi) is 3.60. The van der Waals surface area contributed by atoms with Crippen LogP contribution in [-0.4, -0.2) is 32.3 Å². The van der Waals surface area contributed by atoms with Gasteiger partial charge in [0.1, 0.15) is 11.6 Å². The molecular formula is C15H21FN2O. The van der Waals surface area contributed by atoms with Gasteiger partial charge in [-0.3, -0.25) is 0 Å². The van der Waals surface area contributed by atoms with Crippen molar-refractivity contribution in [1.29, 1.82) is 0 Å². The van der Waals surface area contributed by atoms with Crippen molar-refractivity contribution in [3.05, 3.63) is 24.0 Å². The van der Waals surface area contributed by atoms with Gasteiger partial charge in [0.2, 0.25) is 0 Å². The Balaban J connectivity index is 1.72. The monoisotopic (exact) mass is 264 g/mol. The number of benzene rings is 1. The molecule has 104 valence electrons. The lowest BCUT2D eigenvalue weighted by Gasteiger charge is -2.35. The van der Waals surface area contributed by atoms with E-state index in [0.29, 0.717) is 23.5 Å². The van der Waals surface area contributed by atoms with Crippen LogP contribution in [0.15, 0.2) is 18.2 Å². The van der Waals surface area contributed by atoms with Gasteiger partial charge in [0.25, 0.3) is 0 Å². The number of nitrogens with zero attached hydrogens (tertiary/aromatic N) is 1. The summed E-state index contributed by atoms with van der Waals surface area (Å²) in [5, 5.41) is 3.65. The van der Waals surface area contributed by atoms with E-state index < -0.39 is 0 Å². The molecule has 1 N–H and O–H groups in total. The Labute approximate surface area is 113 Å². The predicted octanol–water partition coefficient (Wildman–Crippen LogP) is 2.56. The Morgan fingerprint density at radius 1 is 1.26 bits per heavy atom. The first kappa shape index (κ1) is 12.7. The summed E-state index contributed by atoms with van der Waals surface area (Å²) in [6, 6.07) is 6.16. The average molecular weight is 264 g/mol. The number of anilines is 1. The highest BCUT2D eigenvalue weighted by Gasteiger charge is 2.28. The zero-order valence-corrected chi connectivity index (χ0v) is 11.4. The number of nitrogens with one attached hydrogen (secondary N) is 1. The van der Waals surface area contributed by atoms with E-state index in [-0.39, 0.29) is 5.82 Å². The molecule has 3 rings (SSSR count). The van der Waals surface area contributed by atoms with Gasteiger partial charge in [0, 0.05) is 31.2 Å². The predicted molar refractivity (Wildman–Crippen MR) is 74.3 cm³/mol. The Morgan fingerprint density at radius 3 is 2.84 bits per heavy atom. The number of methoxy groups -OCH3 is 1. The highest BCUT2D eigenvalue weighted by Crippen LogP contribution is 2.28. The average Bonchev–Trinajstić information content (AvgIpc) is 3.23. The summed E-state index contributed by atoms with van der Waals surface area (Å²) in [5.74, 6) is 0.557. The summed E-state index contributed by atoms with van der Waals surface area (Å²) in [5.41, 5.74) is 0.668. The molecule has 1 aromatic carbocycles. The van der Waals surface area contributed by atoms with Crippen molar-refractivity contribution in [1.82, 2.24) is 5.32 Å². The third-order valence-corrected chi connectivity index (χ3v) is 3.96. The summed E-state index contributed by atoms with van der Waals surface area (Å²) in [7, 11) is 1.62. The number of halogens is 1. The molecule has 1 aromatic rings. The molecule has 2 aliphatic rings. The second-order valence-electron chi connectivity index (χ2n) is 5.54. The molecule has 0 radical (unpaired) electrons. The topological polar surface area (TPSA) is 24.5 Å². The van der Waals surface area contributed by atoms with E-state index in [2.05, 4.69) is 10.2 Å². The second kappa shape index (κ2) is 5.37. The Bertz CT molecular complexity index is 448. The maximum Gasteiger partial charge on any atom is 0.146 e. The summed E-state index contributed by atoms with van der Waals surface area (Å²) in [4.78, 5) is 2.14. The van der Waals surface area contributed by atoms with E-state index in [4.69, 9.17) is 4.74 Å². The Hall–Kier alpha value is -1.29. The van der Waals surface area contributed by atoms with Gasteiger partial charge in [-0.05, 0) is 37.8 Å². The summed E-state index contributed by atoms with van der Waals surface area (Å²) in [6.07, 6.45) is 4.90. The molecule has 3 nitrogen and oxygen atoms in total. The molecule has 1 atom stereocenters. The fraction of sp³-hybridized carbons (Fsp3) is 0.600. The van der Waals surface area contributed by atoms with Crippen molar-refractivity contribution in [2.45, 2.75) is 37.8 Å². The van der Waals surface area contributed by atoms with Gasteiger partial charge in [-0.25, -0.2) is 4.39 Å². The lowest BCUT2D eigenvalue weighted by atomic mass is 10.0. The van der Waals surface area contributed by atoms with Gasteiger partial charge in [-0.15, -0.1) is 0 Å². The van der Waals surface area contributed by atoms with E-state index in [1.54, 1.807) is 19.2 Å². The standard InChI is InChI=1S/C15H21FN2O/c1-19-13-6-7-14(16)15(9-13)18-8-2-3-12(10-18)17-11-4-5-11/h6-7,9,11-12,17H,2-5,8,10H2,1H3.